The summed E-state index contributed by atoms with van der Waals surface area (Å²) in [6.07, 6.45) is 19.2. The van der Waals surface area contributed by atoms with Gasteiger partial charge >= 0.3 is 0 Å². The minimum absolute atomic E-state index is 1.16. The summed E-state index contributed by atoms with van der Waals surface area (Å²) in [5.74, 6) is 0. The molecule has 0 amide bonds. The SMILES string of the molecule is CCC/C=C/CCCNCCC/C=C/CCC. The van der Waals surface area contributed by atoms with E-state index in [1.807, 2.05) is 0 Å². The summed E-state index contributed by atoms with van der Waals surface area (Å²) in [7, 11) is 0. The molecule has 0 aromatic carbocycles. The number of allylic oxidation sites excluding steroid dienone is 4. The Labute approximate surface area is 108 Å². The van der Waals surface area contributed by atoms with Crippen LogP contribution in [-0.2, 0) is 0 Å². The van der Waals surface area contributed by atoms with Gasteiger partial charge < -0.3 is 5.32 Å². The second-order valence-electron chi connectivity index (χ2n) is 4.55. The van der Waals surface area contributed by atoms with Crippen LogP contribution >= 0.6 is 0 Å². The van der Waals surface area contributed by atoms with E-state index in [4.69, 9.17) is 0 Å². The standard InChI is InChI=1S/C16H31N/c1-3-5-7-9-11-13-15-17-16-14-12-10-8-6-4-2/h7-10,17H,3-6,11-16H2,1-2H3/b9-7+,10-8+. The van der Waals surface area contributed by atoms with E-state index in [9.17, 15) is 0 Å². The first kappa shape index (κ1) is 16.4. The number of rotatable bonds is 12. The average Bonchev–Trinajstić information content (AvgIpc) is 2.35. The van der Waals surface area contributed by atoms with Gasteiger partial charge in [-0.25, -0.2) is 0 Å². The first-order chi connectivity index (χ1) is 8.41. The van der Waals surface area contributed by atoms with E-state index in [1.165, 1.54) is 51.4 Å². The van der Waals surface area contributed by atoms with Gasteiger partial charge in [0.15, 0.2) is 0 Å². The third-order valence-corrected chi connectivity index (χ3v) is 2.69. The molecule has 0 saturated heterocycles. The highest BCUT2D eigenvalue weighted by Gasteiger charge is 1.86. The quantitative estimate of drug-likeness (QED) is 0.378. The summed E-state index contributed by atoms with van der Waals surface area (Å²) < 4.78 is 0. The van der Waals surface area contributed by atoms with E-state index in [0.29, 0.717) is 0 Å². The molecule has 0 aliphatic carbocycles. The predicted octanol–water partition coefficient (Wildman–Crippen LogP) is 4.85. The minimum Gasteiger partial charge on any atom is -0.317 e. The van der Waals surface area contributed by atoms with Crippen LogP contribution in [0.4, 0.5) is 0 Å². The molecule has 0 rings (SSSR count). The van der Waals surface area contributed by atoms with Crippen molar-refractivity contribution in [2.24, 2.45) is 0 Å². The topological polar surface area (TPSA) is 12.0 Å². The maximum absolute atomic E-state index is 3.50. The fourth-order valence-corrected chi connectivity index (χ4v) is 1.62. The Balaban J connectivity index is 3.03. The monoisotopic (exact) mass is 237 g/mol. The molecule has 0 fully saturated rings. The zero-order valence-electron chi connectivity index (χ0n) is 11.9. The summed E-state index contributed by atoms with van der Waals surface area (Å²) in [6, 6.07) is 0. The molecule has 1 heteroatoms. The normalized spacial score (nSPS) is 11.9. The molecule has 0 unspecified atom stereocenters. The summed E-state index contributed by atoms with van der Waals surface area (Å²) in [5.41, 5.74) is 0. The Morgan fingerprint density at radius 3 is 1.47 bits per heavy atom. The molecule has 0 bridgehead atoms. The number of nitrogens with one attached hydrogen (secondary N) is 1. The molecule has 0 aromatic rings. The van der Waals surface area contributed by atoms with Gasteiger partial charge in [0.2, 0.25) is 0 Å². The van der Waals surface area contributed by atoms with Crippen LogP contribution in [0.25, 0.3) is 0 Å². The van der Waals surface area contributed by atoms with Crippen molar-refractivity contribution in [1.82, 2.24) is 5.32 Å². The fourth-order valence-electron chi connectivity index (χ4n) is 1.62. The molecule has 0 aromatic heterocycles. The maximum Gasteiger partial charge on any atom is -0.00460 e. The Bertz CT molecular complexity index is 162. The zero-order valence-corrected chi connectivity index (χ0v) is 11.9. The van der Waals surface area contributed by atoms with E-state index in [1.54, 1.807) is 0 Å². The molecule has 0 radical (unpaired) electrons. The highest BCUT2D eigenvalue weighted by Crippen LogP contribution is 1.96. The van der Waals surface area contributed by atoms with Crippen molar-refractivity contribution in [2.75, 3.05) is 13.1 Å². The second kappa shape index (κ2) is 15.4. The van der Waals surface area contributed by atoms with Gasteiger partial charge in [0.05, 0.1) is 0 Å². The Kier molecular flexibility index (Phi) is 14.9. The second-order valence-corrected chi connectivity index (χ2v) is 4.55. The third kappa shape index (κ3) is 15.4. The Morgan fingerprint density at radius 2 is 1.06 bits per heavy atom. The van der Waals surface area contributed by atoms with Gasteiger partial charge in [-0.3, -0.25) is 0 Å². The highest BCUT2D eigenvalue weighted by molar-refractivity contribution is 4.82. The summed E-state index contributed by atoms with van der Waals surface area (Å²) in [6.45, 7) is 6.77. The largest absolute Gasteiger partial charge is 0.317 e. The molecular weight excluding hydrogens is 206 g/mol. The molecule has 0 spiro atoms. The molecule has 0 atom stereocenters. The van der Waals surface area contributed by atoms with Crippen molar-refractivity contribution in [3.8, 4) is 0 Å². The first-order valence-corrected chi connectivity index (χ1v) is 7.42. The van der Waals surface area contributed by atoms with Crippen LogP contribution in [0.5, 0.6) is 0 Å². The van der Waals surface area contributed by atoms with Gasteiger partial charge in [-0.2, -0.15) is 0 Å². The Hall–Kier alpha value is -0.560. The van der Waals surface area contributed by atoms with Crippen LogP contribution in [0.3, 0.4) is 0 Å². The van der Waals surface area contributed by atoms with Crippen molar-refractivity contribution in [2.45, 2.75) is 65.2 Å². The molecule has 0 aliphatic rings. The minimum atomic E-state index is 1.16. The third-order valence-electron chi connectivity index (χ3n) is 2.69. The van der Waals surface area contributed by atoms with E-state index in [0.717, 1.165) is 13.1 Å². The molecule has 0 heterocycles. The van der Waals surface area contributed by atoms with Crippen LogP contribution in [0.2, 0.25) is 0 Å². The lowest BCUT2D eigenvalue weighted by molar-refractivity contribution is 0.629. The van der Waals surface area contributed by atoms with Gasteiger partial charge in [0.25, 0.3) is 0 Å². The number of hydrogen-bond acceptors (Lipinski definition) is 1. The van der Waals surface area contributed by atoms with Gasteiger partial charge in [0, 0.05) is 0 Å². The van der Waals surface area contributed by atoms with Crippen molar-refractivity contribution < 1.29 is 0 Å². The molecule has 17 heavy (non-hydrogen) atoms. The van der Waals surface area contributed by atoms with Crippen molar-refractivity contribution in [1.29, 1.82) is 0 Å². The molecule has 1 nitrogen and oxygen atoms in total. The highest BCUT2D eigenvalue weighted by atomic mass is 14.8. The van der Waals surface area contributed by atoms with Crippen molar-refractivity contribution in [3.05, 3.63) is 24.3 Å². The van der Waals surface area contributed by atoms with Crippen LogP contribution in [0.15, 0.2) is 24.3 Å². The number of unbranched alkanes of at least 4 members (excludes halogenated alkanes) is 4. The molecular formula is C16H31N. The first-order valence-electron chi connectivity index (χ1n) is 7.42. The van der Waals surface area contributed by atoms with Crippen LogP contribution < -0.4 is 5.32 Å². The summed E-state index contributed by atoms with van der Waals surface area (Å²) in [5, 5.41) is 3.50. The van der Waals surface area contributed by atoms with E-state index in [2.05, 4.69) is 43.5 Å². The smallest absolute Gasteiger partial charge is 0.00460 e. The van der Waals surface area contributed by atoms with Gasteiger partial charge in [0.1, 0.15) is 0 Å². The van der Waals surface area contributed by atoms with E-state index >= 15 is 0 Å². The maximum atomic E-state index is 3.50. The fraction of sp³-hybridized carbons (Fsp3) is 0.750. The van der Waals surface area contributed by atoms with Crippen LogP contribution in [0, 0.1) is 0 Å². The van der Waals surface area contributed by atoms with E-state index in [-0.39, 0.29) is 0 Å². The zero-order chi connectivity index (χ0) is 12.6. The number of hydrogen-bond donors (Lipinski definition) is 1. The molecule has 0 saturated carbocycles. The molecule has 100 valence electrons. The molecule has 1 N–H and O–H groups in total. The van der Waals surface area contributed by atoms with Gasteiger partial charge in [-0.15, -0.1) is 0 Å². The van der Waals surface area contributed by atoms with E-state index < -0.39 is 0 Å². The van der Waals surface area contributed by atoms with Crippen molar-refractivity contribution >= 4 is 0 Å². The summed E-state index contributed by atoms with van der Waals surface area (Å²) in [4.78, 5) is 0. The summed E-state index contributed by atoms with van der Waals surface area (Å²) >= 11 is 0. The Morgan fingerprint density at radius 1 is 0.647 bits per heavy atom. The van der Waals surface area contributed by atoms with Crippen LogP contribution in [0.1, 0.15) is 65.2 Å². The van der Waals surface area contributed by atoms with Gasteiger partial charge in [-0.1, -0.05) is 51.0 Å². The lowest BCUT2D eigenvalue weighted by Crippen LogP contribution is -2.16. The average molecular weight is 237 g/mol. The predicted molar refractivity (Wildman–Crippen MR) is 79.4 cm³/mol. The molecule has 0 aliphatic heterocycles. The van der Waals surface area contributed by atoms with Crippen molar-refractivity contribution in [3.63, 3.8) is 0 Å². The lowest BCUT2D eigenvalue weighted by Gasteiger charge is -2.01. The van der Waals surface area contributed by atoms with Gasteiger partial charge in [-0.05, 0) is 51.6 Å². The van der Waals surface area contributed by atoms with Crippen LogP contribution in [-0.4, -0.2) is 13.1 Å². The lowest BCUT2D eigenvalue weighted by atomic mass is 10.2.